The van der Waals surface area contributed by atoms with Crippen molar-refractivity contribution in [2.75, 3.05) is 7.11 Å². The number of H-pyrrole nitrogens is 1. The number of methoxy groups -OCH3 is 1. The van der Waals surface area contributed by atoms with Crippen LogP contribution in [-0.2, 0) is 6.61 Å². The van der Waals surface area contributed by atoms with Crippen molar-refractivity contribution < 1.29 is 19.4 Å². The number of rotatable bonds is 5. The Morgan fingerprint density at radius 2 is 2.00 bits per heavy atom. The van der Waals surface area contributed by atoms with E-state index in [0.29, 0.717) is 11.4 Å². The minimum absolute atomic E-state index is 0.0941. The van der Waals surface area contributed by atoms with Gasteiger partial charge < -0.3 is 19.6 Å². The van der Waals surface area contributed by atoms with Gasteiger partial charge in [-0.1, -0.05) is 0 Å². The molecule has 1 heterocycles. The van der Waals surface area contributed by atoms with Crippen LogP contribution < -0.4 is 9.47 Å². The molecule has 0 amide bonds. The highest BCUT2D eigenvalue weighted by molar-refractivity contribution is 5.83. The normalized spacial score (nSPS) is 10.1. The highest BCUT2D eigenvalue weighted by Crippen LogP contribution is 2.17. The fraction of sp³-hybridized carbons (Fsp3) is 0.167. The van der Waals surface area contributed by atoms with Crippen LogP contribution in [0, 0.1) is 0 Å². The largest absolute Gasteiger partial charge is 0.497 e. The number of nitrogens with one attached hydrogen (secondary N) is 1. The molecule has 0 fully saturated rings. The number of imidazole rings is 1. The number of carboxylic acids is 1. The first kappa shape index (κ1) is 12.0. The standard InChI is InChI=1S/C12H12N2O4/c1-17-9-2-4-10(5-3-9)18-7-8-6-13-11(14-8)12(15)16/h2-6H,7H2,1H3,(H,13,14)(H,15,16). The molecule has 0 aliphatic heterocycles. The van der Waals surface area contributed by atoms with Gasteiger partial charge >= 0.3 is 5.97 Å². The summed E-state index contributed by atoms with van der Waals surface area (Å²) in [6, 6.07) is 7.11. The van der Waals surface area contributed by atoms with E-state index >= 15 is 0 Å². The Balaban J connectivity index is 1.95. The number of ether oxygens (including phenoxy) is 2. The summed E-state index contributed by atoms with van der Waals surface area (Å²) in [4.78, 5) is 17.0. The van der Waals surface area contributed by atoms with Crippen LogP contribution in [0.25, 0.3) is 0 Å². The second kappa shape index (κ2) is 5.22. The number of hydrogen-bond donors (Lipinski definition) is 2. The zero-order chi connectivity index (χ0) is 13.0. The number of aromatic amines is 1. The molecule has 1 aromatic heterocycles. The van der Waals surface area contributed by atoms with E-state index in [9.17, 15) is 4.79 Å². The van der Waals surface area contributed by atoms with Crippen molar-refractivity contribution in [2.24, 2.45) is 0 Å². The fourth-order valence-electron chi connectivity index (χ4n) is 1.37. The lowest BCUT2D eigenvalue weighted by Crippen LogP contribution is -2.00. The van der Waals surface area contributed by atoms with Crippen molar-refractivity contribution >= 4 is 5.97 Å². The van der Waals surface area contributed by atoms with Crippen LogP contribution in [0.4, 0.5) is 0 Å². The number of benzene rings is 1. The van der Waals surface area contributed by atoms with Gasteiger partial charge in [0.1, 0.15) is 18.1 Å². The summed E-state index contributed by atoms with van der Waals surface area (Å²) in [5.41, 5.74) is 0.600. The quantitative estimate of drug-likeness (QED) is 0.841. The van der Waals surface area contributed by atoms with E-state index in [1.807, 2.05) is 0 Å². The van der Waals surface area contributed by atoms with E-state index in [2.05, 4.69) is 9.97 Å². The summed E-state index contributed by atoms with van der Waals surface area (Å²) >= 11 is 0. The maximum Gasteiger partial charge on any atom is 0.371 e. The third kappa shape index (κ3) is 2.79. The van der Waals surface area contributed by atoms with Crippen LogP contribution in [0.3, 0.4) is 0 Å². The number of nitrogens with zero attached hydrogens (tertiary/aromatic N) is 1. The number of hydrogen-bond acceptors (Lipinski definition) is 4. The van der Waals surface area contributed by atoms with Crippen molar-refractivity contribution in [2.45, 2.75) is 6.61 Å². The molecular formula is C12H12N2O4. The van der Waals surface area contributed by atoms with Crippen molar-refractivity contribution in [3.8, 4) is 11.5 Å². The third-order valence-electron chi connectivity index (χ3n) is 2.28. The van der Waals surface area contributed by atoms with Gasteiger partial charge in [0.25, 0.3) is 0 Å². The minimum Gasteiger partial charge on any atom is -0.497 e. The van der Waals surface area contributed by atoms with E-state index < -0.39 is 5.97 Å². The molecule has 2 N–H and O–H groups in total. The highest BCUT2D eigenvalue weighted by atomic mass is 16.5. The molecule has 0 atom stereocenters. The summed E-state index contributed by atoms with van der Waals surface area (Å²) in [6.45, 7) is 0.229. The molecule has 2 rings (SSSR count). The smallest absolute Gasteiger partial charge is 0.371 e. The first-order valence-corrected chi connectivity index (χ1v) is 5.23. The summed E-state index contributed by atoms with van der Waals surface area (Å²) in [7, 11) is 1.59. The van der Waals surface area contributed by atoms with Crippen LogP contribution in [0.15, 0.2) is 30.5 Å². The molecule has 0 saturated carbocycles. The van der Waals surface area contributed by atoms with Crippen LogP contribution >= 0.6 is 0 Å². The summed E-state index contributed by atoms with van der Waals surface area (Å²) in [5.74, 6) is 0.230. The Bertz CT molecular complexity index is 533. The zero-order valence-electron chi connectivity index (χ0n) is 9.71. The summed E-state index contributed by atoms with van der Waals surface area (Å²) in [6.07, 6.45) is 1.44. The topological polar surface area (TPSA) is 84.4 Å². The van der Waals surface area contributed by atoms with E-state index in [4.69, 9.17) is 14.6 Å². The van der Waals surface area contributed by atoms with Crippen molar-refractivity contribution in [3.05, 3.63) is 42.0 Å². The Morgan fingerprint density at radius 3 is 2.56 bits per heavy atom. The average Bonchev–Trinajstić information content (AvgIpc) is 2.86. The lowest BCUT2D eigenvalue weighted by Gasteiger charge is -2.05. The molecule has 18 heavy (non-hydrogen) atoms. The second-order valence-electron chi connectivity index (χ2n) is 3.53. The van der Waals surface area contributed by atoms with Gasteiger partial charge in [-0.05, 0) is 24.3 Å². The van der Waals surface area contributed by atoms with E-state index in [0.717, 1.165) is 5.75 Å². The molecule has 0 aliphatic carbocycles. The van der Waals surface area contributed by atoms with Crippen LogP contribution in [0.5, 0.6) is 11.5 Å². The van der Waals surface area contributed by atoms with Gasteiger partial charge in [0.05, 0.1) is 19.0 Å². The lowest BCUT2D eigenvalue weighted by atomic mass is 10.3. The second-order valence-corrected chi connectivity index (χ2v) is 3.53. The molecule has 1 aromatic carbocycles. The van der Waals surface area contributed by atoms with Crippen LogP contribution in [0.1, 0.15) is 16.3 Å². The number of carboxylic acid groups (broad SMARTS) is 1. The predicted octanol–water partition coefficient (Wildman–Crippen LogP) is 1.70. The fourth-order valence-corrected chi connectivity index (χ4v) is 1.37. The molecule has 0 saturated heterocycles. The number of aromatic nitrogens is 2. The molecule has 0 bridgehead atoms. The molecule has 0 aliphatic rings. The first-order valence-electron chi connectivity index (χ1n) is 5.23. The monoisotopic (exact) mass is 248 g/mol. The molecule has 0 radical (unpaired) electrons. The molecular weight excluding hydrogens is 236 g/mol. The maximum atomic E-state index is 10.6. The predicted molar refractivity (Wildman–Crippen MR) is 62.9 cm³/mol. The SMILES string of the molecule is COc1ccc(OCc2cnc(C(=O)O)[nH]2)cc1. The van der Waals surface area contributed by atoms with Gasteiger partial charge in [0.15, 0.2) is 0 Å². The first-order chi connectivity index (χ1) is 8.69. The molecule has 6 heteroatoms. The molecule has 0 spiro atoms. The van der Waals surface area contributed by atoms with E-state index in [1.165, 1.54) is 6.20 Å². The summed E-state index contributed by atoms with van der Waals surface area (Å²) < 4.78 is 10.5. The molecule has 2 aromatic rings. The Hall–Kier alpha value is -2.50. The molecule has 6 nitrogen and oxygen atoms in total. The maximum absolute atomic E-state index is 10.6. The van der Waals surface area contributed by atoms with Crippen molar-refractivity contribution in [3.63, 3.8) is 0 Å². The van der Waals surface area contributed by atoms with Gasteiger partial charge in [-0.2, -0.15) is 0 Å². The minimum atomic E-state index is -1.09. The average molecular weight is 248 g/mol. The van der Waals surface area contributed by atoms with Gasteiger partial charge in [-0.15, -0.1) is 0 Å². The lowest BCUT2D eigenvalue weighted by molar-refractivity contribution is 0.0684. The Kier molecular flexibility index (Phi) is 3.47. The third-order valence-corrected chi connectivity index (χ3v) is 2.28. The van der Waals surface area contributed by atoms with E-state index in [-0.39, 0.29) is 12.4 Å². The molecule has 94 valence electrons. The Morgan fingerprint density at radius 1 is 1.33 bits per heavy atom. The van der Waals surface area contributed by atoms with Crippen molar-refractivity contribution in [1.82, 2.24) is 9.97 Å². The zero-order valence-corrected chi connectivity index (χ0v) is 9.71. The van der Waals surface area contributed by atoms with E-state index in [1.54, 1.807) is 31.4 Å². The highest BCUT2D eigenvalue weighted by Gasteiger charge is 2.07. The van der Waals surface area contributed by atoms with Gasteiger partial charge in [-0.3, -0.25) is 0 Å². The van der Waals surface area contributed by atoms with Gasteiger partial charge in [-0.25, -0.2) is 9.78 Å². The number of aromatic carboxylic acids is 1. The Labute approximate surface area is 103 Å². The van der Waals surface area contributed by atoms with Gasteiger partial charge in [0.2, 0.25) is 5.82 Å². The van der Waals surface area contributed by atoms with Gasteiger partial charge in [0, 0.05) is 0 Å². The number of carbonyl (C=O) groups is 1. The van der Waals surface area contributed by atoms with Crippen LogP contribution in [0.2, 0.25) is 0 Å². The molecule has 0 unspecified atom stereocenters. The summed E-state index contributed by atoms with van der Waals surface area (Å²) in [5, 5.41) is 8.69. The van der Waals surface area contributed by atoms with Crippen LogP contribution in [-0.4, -0.2) is 28.2 Å². The van der Waals surface area contributed by atoms with Crippen molar-refractivity contribution in [1.29, 1.82) is 0 Å².